The van der Waals surface area contributed by atoms with Crippen molar-refractivity contribution in [2.24, 2.45) is 23.1 Å². The Hall–Kier alpha value is -3.75. The highest BCUT2D eigenvalue weighted by atomic mass is 16.4. The first-order valence-electron chi connectivity index (χ1n) is 10.9. The first kappa shape index (κ1) is 31.2. The van der Waals surface area contributed by atoms with Crippen molar-refractivity contribution in [3.63, 3.8) is 0 Å². The molecule has 0 saturated carbocycles. The molecule has 0 aromatic heterocycles. The topological polar surface area (TPSA) is 274 Å². The molecule has 5 amide bonds. The number of hydrogen-bond acceptors (Lipinski definition) is 8. The maximum absolute atomic E-state index is 13.0. The molecule has 0 aliphatic carbocycles. The Labute approximate surface area is 201 Å². The normalized spacial score (nSPS) is 14.9. The van der Waals surface area contributed by atoms with Gasteiger partial charge in [-0.25, -0.2) is 4.79 Å². The van der Waals surface area contributed by atoms with E-state index in [0.717, 1.165) is 0 Å². The third kappa shape index (κ3) is 12.3. The molecular formula is C20H34N6O9. The Morgan fingerprint density at radius 2 is 1.34 bits per heavy atom. The monoisotopic (exact) mass is 502 g/mol. The van der Waals surface area contributed by atoms with Crippen molar-refractivity contribution in [1.82, 2.24) is 16.0 Å². The first-order valence-corrected chi connectivity index (χ1v) is 10.9. The van der Waals surface area contributed by atoms with Crippen molar-refractivity contribution in [2.45, 2.75) is 76.5 Å². The van der Waals surface area contributed by atoms with Gasteiger partial charge in [-0.1, -0.05) is 20.3 Å². The molecule has 0 aliphatic rings. The zero-order chi connectivity index (χ0) is 27.3. The van der Waals surface area contributed by atoms with Crippen molar-refractivity contribution >= 4 is 41.5 Å². The van der Waals surface area contributed by atoms with E-state index in [2.05, 4.69) is 10.6 Å². The van der Waals surface area contributed by atoms with Crippen LogP contribution in [0.25, 0.3) is 0 Å². The maximum Gasteiger partial charge on any atom is 0.326 e. The van der Waals surface area contributed by atoms with Crippen LogP contribution < -0.4 is 33.2 Å². The van der Waals surface area contributed by atoms with Gasteiger partial charge in [0.2, 0.25) is 29.5 Å². The first-order chi connectivity index (χ1) is 16.2. The lowest BCUT2D eigenvalue weighted by Crippen LogP contribution is -2.58. The fourth-order valence-electron chi connectivity index (χ4n) is 2.86. The number of nitrogens with two attached hydrogens (primary N) is 3. The van der Waals surface area contributed by atoms with E-state index in [1.165, 1.54) is 0 Å². The minimum absolute atomic E-state index is 0.0594. The van der Waals surface area contributed by atoms with E-state index in [9.17, 15) is 38.7 Å². The molecule has 0 spiro atoms. The molecule has 0 fully saturated rings. The van der Waals surface area contributed by atoms with Crippen LogP contribution in [0.1, 0.15) is 52.4 Å². The summed E-state index contributed by atoms with van der Waals surface area (Å²) >= 11 is 0. The van der Waals surface area contributed by atoms with Gasteiger partial charge in [0, 0.05) is 12.8 Å². The summed E-state index contributed by atoms with van der Waals surface area (Å²) in [5.74, 6) is -7.60. The molecule has 11 N–H and O–H groups in total. The fraction of sp³-hybridized carbons (Fsp3) is 0.650. The summed E-state index contributed by atoms with van der Waals surface area (Å²) in [4.78, 5) is 82.3. The highest BCUT2D eigenvalue weighted by molar-refractivity contribution is 5.95. The van der Waals surface area contributed by atoms with Gasteiger partial charge in [0.1, 0.15) is 18.1 Å². The zero-order valence-electron chi connectivity index (χ0n) is 19.6. The Kier molecular flexibility index (Phi) is 13.6. The Balaban J connectivity index is 5.62. The lowest BCUT2D eigenvalue weighted by molar-refractivity contribution is -0.144. The number of carbonyl (C=O) groups excluding carboxylic acids is 5. The number of hydrogen-bond donors (Lipinski definition) is 8. The van der Waals surface area contributed by atoms with E-state index in [1.807, 2.05) is 5.32 Å². The number of carboxylic acids is 2. The van der Waals surface area contributed by atoms with E-state index < -0.39 is 90.8 Å². The third-order valence-electron chi connectivity index (χ3n) is 5.13. The van der Waals surface area contributed by atoms with E-state index in [-0.39, 0.29) is 12.8 Å². The molecule has 5 atom stereocenters. The van der Waals surface area contributed by atoms with Gasteiger partial charge in [0.15, 0.2) is 0 Å². The molecule has 0 aromatic rings. The minimum atomic E-state index is -1.70. The summed E-state index contributed by atoms with van der Waals surface area (Å²) in [6.45, 7) is 3.37. The average molecular weight is 503 g/mol. The Bertz CT molecular complexity index is 819. The lowest BCUT2D eigenvalue weighted by Gasteiger charge is -2.27. The number of primary amides is 2. The Morgan fingerprint density at radius 1 is 0.771 bits per heavy atom. The molecule has 0 aromatic carbocycles. The van der Waals surface area contributed by atoms with Crippen molar-refractivity contribution in [2.75, 3.05) is 0 Å². The SMILES string of the molecule is CCC(C)C(NC(=O)C(N)CCC(N)=O)C(=O)NC(CCC(=O)O)C(=O)NC(CC(N)=O)C(=O)O. The van der Waals surface area contributed by atoms with Crippen LogP contribution in [0.5, 0.6) is 0 Å². The number of nitrogens with one attached hydrogen (secondary N) is 3. The van der Waals surface area contributed by atoms with E-state index >= 15 is 0 Å². The third-order valence-corrected chi connectivity index (χ3v) is 5.13. The second kappa shape index (κ2) is 15.2. The van der Waals surface area contributed by atoms with Crippen LogP contribution in [0.15, 0.2) is 0 Å². The van der Waals surface area contributed by atoms with Gasteiger partial charge in [-0.05, 0) is 18.8 Å². The van der Waals surface area contributed by atoms with Crippen LogP contribution in [-0.4, -0.2) is 75.9 Å². The predicted octanol–water partition coefficient (Wildman–Crippen LogP) is -3.10. The summed E-state index contributed by atoms with van der Waals surface area (Å²) in [6, 6.07) is -5.52. The lowest BCUT2D eigenvalue weighted by atomic mass is 9.96. The van der Waals surface area contributed by atoms with Crippen LogP contribution in [0.3, 0.4) is 0 Å². The van der Waals surface area contributed by atoms with Crippen molar-refractivity contribution in [3.05, 3.63) is 0 Å². The highest BCUT2D eigenvalue weighted by Gasteiger charge is 2.33. The molecule has 0 aliphatic heterocycles. The molecule has 0 radical (unpaired) electrons. The molecule has 15 heteroatoms. The molecule has 0 bridgehead atoms. The molecular weight excluding hydrogens is 468 g/mol. The van der Waals surface area contributed by atoms with Crippen LogP contribution in [0, 0.1) is 5.92 Å². The van der Waals surface area contributed by atoms with Crippen LogP contribution in [0.2, 0.25) is 0 Å². The van der Waals surface area contributed by atoms with Gasteiger partial charge in [-0.15, -0.1) is 0 Å². The molecule has 35 heavy (non-hydrogen) atoms. The molecule has 0 saturated heterocycles. The highest BCUT2D eigenvalue weighted by Crippen LogP contribution is 2.10. The van der Waals surface area contributed by atoms with Crippen LogP contribution in [-0.2, 0) is 33.6 Å². The van der Waals surface area contributed by atoms with E-state index in [4.69, 9.17) is 22.3 Å². The molecule has 5 unspecified atom stereocenters. The molecule has 0 rings (SSSR count). The number of carboxylic acid groups (broad SMARTS) is 2. The van der Waals surface area contributed by atoms with Crippen molar-refractivity contribution < 1.29 is 43.8 Å². The maximum atomic E-state index is 13.0. The number of carbonyl (C=O) groups is 7. The standard InChI is InChI=1S/C20H34N6O9/c1-3-9(2)16(26-17(31)10(21)4-6-13(22)27)19(33)24-11(5-7-15(29)30)18(32)25-12(20(34)35)8-14(23)28/h9-12,16H,3-8,21H2,1-2H3,(H2,22,27)(H2,23,28)(H,24,33)(H,25,32)(H,26,31)(H,29,30)(H,34,35). The van der Waals surface area contributed by atoms with E-state index in [1.54, 1.807) is 13.8 Å². The number of aliphatic carboxylic acids is 2. The minimum Gasteiger partial charge on any atom is -0.481 e. The quantitative estimate of drug-likeness (QED) is 0.0991. The second-order valence-electron chi connectivity index (χ2n) is 8.05. The number of amides is 5. The van der Waals surface area contributed by atoms with Gasteiger partial charge in [0.05, 0.1) is 12.5 Å². The van der Waals surface area contributed by atoms with Crippen molar-refractivity contribution in [3.8, 4) is 0 Å². The van der Waals surface area contributed by atoms with Gasteiger partial charge in [-0.2, -0.15) is 0 Å². The predicted molar refractivity (Wildman–Crippen MR) is 120 cm³/mol. The Morgan fingerprint density at radius 3 is 1.80 bits per heavy atom. The smallest absolute Gasteiger partial charge is 0.326 e. The average Bonchev–Trinajstić information content (AvgIpc) is 2.76. The summed E-state index contributed by atoms with van der Waals surface area (Å²) in [6.07, 6.45) is -1.48. The van der Waals surface area contributed by atoms with Gasteiger partial charge in [0.25, 0.3) is 0 Å². The zero-order valence-corrected chi connectivity index (χ0v) is 19.6. The van der Waals surface area contributed by atoms with Crippen molar-refractivity contribution in [1.29, 1.82) is 0 Å². The summed E-state index contributed by atoms with van der Waals surface area (Å²) in [7, 11) is 0. The molecule has 15 nitrogen and oxygen atoms in total. The molecule has 0 heterocycles. The van der Waals surface area contributed by atoms with Gasteiger partial charge in [-0.3, -0.25) is 28.8 Å². The summed E-state index contributed by atoms with van der Waals surface area (Å²) in [5.41, 5.74) is 15.8. The van der Waals surface area contributed by atoms with Crippen LogP contribution >= 0.6 is 0 Å². The fourth-order valence-corrected chi connectivity index (χ4v) is 2.86. The summed E-state index contributed by atoms with van der Waals surface area (Å²) in [5, 5.41) is 25.0. The van der Waals surface area contributed by atoms with Crippen LogP contribution in [0.4, 0.5) is 0 Å². The van der Waals surface area contributed by atoms with E-state index in [0.29, 0.717) is 6.42 Å². The van der Waals surface area contributed by atoms with Gasteiger partial charge >= 0.3 is 11.9 Å². The molecule has 198 valence electrons. The number of rotatable bonds is 17. The van der Waals surface area contributed by atoms with Gasteiger partial charge < -0.3 is 43.4 Å². The largest absolute Gasteiger partial charge is 0.481 e. The second-order valence-corrected chi connectivity index (χ2v) is 8.05. The summed E-state index contributed by atoms with van der Waals surface area (Å²) < 4.78 is 0.